The molecule has 6 heteroatoms. The van der Waals surface area contributed by atoms with Crippen LogP contribution < -0.4 is 5.43 Å². The number of nitrogens with one attached hydrogen (secondary N) is 1. The molecule has 0 aliphatic carbocycles. The van der Waals surface area contributed by atoms with Crippen LogP contribution in [0.2, 0.25) is 0 Å². The zero-order chi connectivity index (χ0) is 14.2. The van der Waals surface area contributed by atoms with Gasteiger partial charge in [-0.3, -0.25) is 5.43 Å². The average Bonchev–Trinajstić information content (AvgIpc) is 2.50. The number of nitrogens with zero attached hydrogens (tertiary/aromatic N) is 2. The predicted molar refractivity (Wildman–Crippen MR) is 76.5 cm³/mol. The third-order valence-electron chi connectivity index (χ3n) is 2.83. The number of amidine groups is 1. The van der Waals surface area contributed by atoms with Gasteiger partial charge in [-0.2, -0.15) is 0 Å². The number of carbonyl (C=O) groups is 1. The van der Waals surface area contributed by atoms with E-state index in [1.807, 2.05) is 35.2 Å². The van der Waals surface area contributed by atoms with Crippen molar-refractivity contribution in [3.05, 3.63) is 30.3 Å². The SMILES string of the molecule is CCOC(=O)/C(=N/Nc1ccccc1)N1CCOCC1. The molecule has 1 aliphatic heterocycles. The standard InChI is InChI=1S/C14H19N3O3/c1-2-20-14(18)13(17-8-10-19-11-9-17)16-15-12-6-4-3-5-7-12/h3-7,15H,2,8-11H2,1H3/b16-13-. The lowest BCUT2D eigenvalue weighted by Crippen LogP contribution is -2.45. The molecule has 1 aromatic rings. The highest BCUT2D eigenvalue weighted by molar-refractivity contribution is 6.35. The molecule has 1 N–H and O–H groups in total. The van der Waals surface area contributed by atoms with E-state index in [4.69, 9.17) is 9.47 Å². The third kappa shape index (κ3) is 3.96. The Balaban J connectivity index is 2.10. The summed E-state index contributed by atoms with van der Waals surface area (Å²) in [5.74, 6) is -0.128. The zero-order valence-electron chi connectivity index (χ0n) is 11.5. The van der Waals surface area contributed by atoms with Gasteiger partial charge in [-0.05, 0) is 19.1 Å². The lowest BCUT2D eigenvalue weighted by atomic mass is 10.3. The van der Waals surface area contributed by atoms with Gasteiger partial charge in [0.25, 0.3) is 0 Å². The average molecular weight is 277 g/mol. The van der Waals surface area contributed by atoms with E-state index in [2.05, 4.69) is 10.5 Å². The second-order valence-electron chi connectivity index (χ2n) is 4.23. The van der Waals surface area contributed by atoms with E-state index in [1.165, 1.54) is 0 Å². The summed E-state index contributed by atoms with van der Waals surface area (Å²) < 4.78 is 10.3. The molecule has 1 fully saturated rings. The van der Waals surface area contributed by atoms with Gasteiger partial charge in [-0.1, -0.05) is 18.2 Å². The summed E-state index contributed by atoms with van der Waals surface area (Å²) in [5, 5.41) is 4.20. The number of para-hydroxylation sites is 1. The summed E-state index contributed by atoms with van der Waals surface area (Å²) in [4.78, 5) is 13.9. The molecule has 0 spiro atoms. The van der Waals surface area contributed by atoms with E-state index < -0.39 is 5.97 Å². The van der Waals surface area contributed by atoms with Crippen LogP contribution in [0.25, 0.3) is 0 Å². The van der Waals surface area contributed by atoms with Gasteiger partial charge in [-0.15, -0.1) is 5.10 Å². The molecule has 6 nitrogen and oxygen atoms in total. The van der Waals surface area contributed by atoms with Crippen molar-refractivity contribution >= 4 is 17.5 Å². The Morgan fingerprint density at radius 1 is 1.35 bits per heavy atom. The number of hydrogen-bond donors (Lipinski definition) is 1. The van der Waals surface area contributed by atoms with Crippen LogP contribution in [0.4, 0.5) is 5.69 Å². The van der Waals surface area contributed by atoms with Crippen LogP contribution in [0.5, 0.6) is 0 Å². The molecule has 0 atom stereocenters. The maximum atomic E-state index is 12.0. The fraction of sp³-hybridized carbons (Fsp3) is 0.429. The summed E-state index contributed by atoms with van der Waals surface area (Å²) >= 11 is 0. The molecule has 1 heterocycles. The summed E-state index contributed by atoms with van der Waals surface area (Å²) in [6.45, 7) is 4.54. The Morgan fingerprint density at radius 2 is 2.05 bits per heavy atom. The van der Waals surface area contributed by atoms with Crippen LogP contribution in [0.15, 0.2) is 35.4 Å². The minimum Gasteiger partial charge on any atom is -0.460 e. The number of anilines is 1. The molecule has 0 radical (unpaired) electrons. The Bertz CT molecular complexity index is 456. The van der Waals surface area contributed by atoms with Crippen LogP contribution in [-0.4, -0.2) is 49.6 Å². The second-order valence-corrected chi connectivity index (χ2v) is 4.23. The van der Waals surface area contributed by atoms with Gasteiger partial charge in [0.05, 0.1) is 25.5 Å². The number of carbonyl (C=O) groups excluding carboxylic acids is 1. The first-order valence-corrected chi connectivity index (χ1v) is 6.70. The number of rotatable bonds is 3. The summed E-state index contributed by atoms with van der Waals surface area (Å²) in [5.41, 5.74) is 3.71. The molecule has 0 unspecified atom stereocenters. The van der Waals surface area contributed by atoms with Crippen molar-refractivity contribution in [3.8, 4) is 0 Å². The van der Waals surface area contributed by atoms with E-state index in [-0.39, 0.29) is 0 Å². The first-order valence-electron chi connectivity index (χ1n) is 6.70. The van der Waals surface area contributed by atoms with Gasteiger partial charge >= 0.3 is 5.97 Å². The van der Waals surface area contributed by atoms with Crippen molar-refractivity contribution in [2.24, 2.45) is 5.10 Å². The van der Waals surface area contributed by atoms with Crippen molar-refractivity contribution in [3.63, 3.8) is 0 Å². The maximum Gasteiger partial charge on any atom is 0.375 e. The number of benzene rings is 1. The van der Waals surface area contributed by atoms with Gasteiger partial charge in [0.2, 0.25) is 5.84 Å². The monoisotopic (exact) mass is 277 g/mol. The Hall–Kier alpha value is -2.08. The summed E-state index contributed by atoms with van der Waals surface area (Å²) in [6.07, 6.45) is 0. The number of hydrazone groups is 1. The highest BCUT2D eigenvalue weighted by atomic mass is 16.5. The number of esters is 1. The largest absolute Gasteiger partial charge is 0.460 e. The molecule has 20 heavy (non-hydrogen) atoms. The summed E-state index contributed by atoms with van der Waals surface area (Å²) in [7, 11) is 0. The van der Waals surface area contributed by atoms with Gasteiger partial charge < -0.3 is 14.4 Å². The van der Waals surface area contributed by atoms with E-state index in [1.54, 1.807) is 6.92 Å². The third-order valence-corrected chi connectivity index (χ3v) is 2.83. The predicted octanol–water partition coefficient (Wildman–Crippen LogP) is 1.31. The molecule has 1 saturated heterocycles. The molecule has 108 valence electrons. The van der Waals surface area contributed by atoms with Crippen molar-refractivity contribution < 1.29 is 14.3 Å². The van der Waals surface area contributed by atoms with Crippen LogP contribution >= 0.6 is 0 Å². The smallest absolute Gasteiger partial charge is 0.375 e. The maximum absolute atomic E-state index is 12.0. The molecular formula is C14H19N3O3. The van der Waals surface area contributed by atoms with E-state index >= 15 is 0 Å². The van der Waals surface area contributed by atoms with Crippen LogP contribution in [0, 0.1) is 0 Å². The fourth-order valence-corrected chi connectivity index (χ4v) is 1.85. The van der Waals surface area contributed by atoms with Gasteiger partial charge in [0.1, 0.15) is 0 Å². The zero-order valence-corrected chi connectivity index (χ0v) is 11.5. The minimum atomic E-state index is -0.419. The topological polar surface area (TPSA) is 63.2 Å². The quantitative estimate of drug-likeness (QED) is 0.390. The number of morpholine rings is 1. The molecule has 0 bridgehead atoms. The second kappa shape index (κ2) is 7.49. The minimum absolute atomic E-state index is 0.291. The highest BCUT2D eigenvalue weighted by Gasteiger charge is 2.23. The Labute approximate surface area is 118 Å². The lowest BCUT2D eigenvalue weighted by Gasteiger charge is -2.28. The number of ether oxygens (including phenoxy) is 2. The number of hydrogen-bond acceptors (Lipinski definition) is 5. The molecule has 1 aromatic carbocycles. The molecule has 0 amide bonds. The van der Waals surface area contributed by atoms with Crippen molar-refractivity contribution in [2.75, 3.05) is 38.3 Å². The summed E-state index contributed by atoms with van der Waals surface area (Å²) in [6, 6.07) is 9.48. The van der Waals surface area contributed by atoms with E-state index in [0.29, 0.717) is 38.7 Å². The normalized spacial score (nSPS) is 15.8. The van der Waals surface area contributed by atoms with Gasteiger partial charge in [-0.25, -0.2) is 4.79 Å². The fourth-order valence-electron chi connectivity index (χ4n) is 1.85. The molecule has 1 aliphatic rings. The van der Waals surface area contributed by atoms with Crippen molar-refractivity contribution in [1.29, 1.82) is 0 Å². The van der Waals surface area contributed by atoms with Crippen LogP contribution in [0.1, 0.15) is 6.92 Å². The van der Waals surface area contributed by atoms with Gasteiger partial charge in [0, 0.05) is 13.1 Å². The lowest BCUT2D eigenvalue weighted by molar-refractivity contribution is -0.136. The van der Waals surface area contributed by atoms with Crippen LogP contribution in [-0.2, 0) is 14.3 Å². The van der Waals surface area contributed by atoms with Gasteiger partial charge in [0.15, 0.2) is 0 Å². The molecule has 0 saturated carbocycles. The Morgan fingerprint density at radius 3 is 2.70 bits per heavy atom. The van der Waals surface area contributed by atoms with E-state index in [9.17, 15) is 4.79 Å². The van der Waals surface area contributed by atoms with Crippen molar-refractivity contribution in [2.45, 2.75) is 6.92 Å². The molecular weight excluding hydrogens is 258 g/mol. The Kier molecular flexibility index (Phi) is 5.37. The first kappa shape index (κ1) is 14.3. The van der Waals surface area contributed by atoms with E-state index in [0.717, 1.165) is 5.69 Å². The molecule has 2 rings (SSSR count). The molecule has 0 aromatic heterocycles. The van der Waals surface area contributed by atoms with Crippen LogP contribution in [0.3, 0.4) is 0 Å². The van der Waals surface area contributed by atoms with Crippen molar-refractivity contribution in [1.82, 2.24) is 4.90 Å². The highest BCUT2D eigenvalue weighted by Crippen LogP contribution is 2.07. The first-order chi connectivity index (χ1) is 9.81.